The minimum atomic E-state index is -0.349. The average molecular weight is 306 g/mol. The number of H-pyrrole nitrogens is 1. The van der Waals surface area contributed by atoms with E-state index >= 15 is 0 Å². The van der Waals surface area contributed by atoms with E-state index < -0.39 is 0 Å². The first kappa shape index (κ1) is 13.6. The fraction of sp³-hybridized carbons (Fsp3) is 0.214. The number of aromatic amines is 1. The highest BCUT2D eigenvalue weighted by Crippen LogP contribution is 2.27. The molecule has 1 atom stereocenters. The van der Waals surface area contributed by atoms with Gasteiger partial charge in [0.05, 0.1) is 11.7 Å². The van der Waals surface area contributed by atoms with E-state index in [1.54, 1.807) is 6.07 Å². The molecule has 6 nitrogen and oxygen atoms in total. The van der Waals surface area contributed by atoms with Crippen molar-refractivity contribution < 1.29 is 14.3 Å². The van der Waals surface area contributed by atoms with Crippen molar-refractivity contribution in [2.24, 2.45) is 0 Å². The van der Waals surface area contributed by atoms with Crippen LogP contribution in [0.1, 0.15) is 26.5 Å². The smallest absolute Gasteiger partial charge is 0.272 e. The number of fused-ring (bicyclic) bond motifs is 1. The van der Waals surface area contributed by atoms with E-state index in [9.17, 15) is 9.59 Å². The van der Waals surface area contributed by atoms with Crippen LogP contribution in [0.15, 0.2) is 24.3 Å². The van der Waals surface area contributed by atoms with Crippen LogP contribution in [0.2, 0.25) is 5.02 Å². The normalized spacial score (nSPS) is 16.7. The van der Waals surface area contributed by atoms with Gasteiger partial charge < -0.3 is 10.1 Å². The van der Waals surface area contributed by atoms with Gasteiger partial charge in [0.1, 0.15) is 12.4 Å². The molecule has 0 aliphatic carbocycles. The number of carbonyl (C=O) groups is 2. The van der Waals surface area contributed by atoms with Crippen molar-refractivity contribution in [3.8, 4) is 5.75 Å². The molecule has 2 aromatic rings. The highest BCUT2D eigenvalue weighted by molar-refractivity contribution is 6.30. The molecule has 0 unspecified atom stereocenters. The molecule has 0 spiro atoms. The molecule has 21 heavy (non-hydrogen) atoms. The zero-order chi connectivity index (χ0) is 14.8. The van der Waals surface area contributed by atoms with Crippen LogP contribution in [0.3, 0.4) is 0 Å². The van der Waals surface area contributed by atoms with Gasteiger partial charge in [0.15, 0.2) is 12.0 Å². The summed E-state index contributed by atoms with van der Waals surface area (Å²) in [6, 6.07) is 6.65. The summed E-state index contributed by atoms with van der Waals surface area (Å²) in [6.45, 7) is 0.380. The van der Waals surface area contributed by atoms with Crippen molar-refractivity contribution in [1.82, 2.24) is 15.5 Å². The molecule has 0 fully saturated rings. The Labute approximate surface area is 125 Å². The number of nitrogens with zero attached hydrogens (tertiary/aromatic N) is 1. The number of amides is 1. The van der Waals surface area contributed by atoms with Crippen LogP contribution < -0.4 is 10.1 Å². The molecular formula is C14H12ClN3O3. The number of aldehydes is 1. The average Bonchev–Trinajstić information content (AvgIpc) is 2.96. The lowest BCUT2D eigenvalue weighted by atomic mass is 10.0. The Morgan fingerprint density at radius 1 is 1.48 bits per heavy atom. The standard InChI is InChI=1S/C14H12ClN3O3/c15-9-1-2-13-8(3-9)4-11(7-21-13)16-14(20)12-5-10(6-19)17-18-12/h1-3,5-6,11H,4,7H2,(H,16,20)(H,17,18)/t11-/m1/s1. The minimum Gasteiger partial charge on any atom is -0.491 e. The van der Waals surface area contributed by atoms with Gasteiger partial charge in [0, 0.05) is 5.02 Å². The second-order valence-electron chi connectivity index (χ2n) is 4.76. The van der Waals surface area contributed by atoms with Gasteiger partial charge in [-0.25, -0.2) is 0 Å². The van der Waals surface area contributed by atoms with Crippen molar-refractivity contribution in [1.29, 1.82) is 0 Å². The number of rotatable bonds is 3. The van der Waals surface area contributed by atoms with Crippen LogP contribution >= 0.6 is 11.6 Å². The number of nitrogens with one attached hydrogen (secondary N) is 2. The van der Waals surface area contributed by atoms with E-state index in [-0.39, 0.29) is 23.3 Å². The summed E-state index contributed by atoms with van der Waals surface area (Å²) in [5, 5.41) is 9.71. The topological polar surface area (TPSA) is 84.1 Å². The van der Waals surface area contributed by atoms with Crippen molar-refractivity contribution in [3.63, 3.8) is 0 Å². The van der Waals surface area contributed by atoms with Crippen LogP contribution in [0.4, 0.5) is 0 Å². The summed E-state index contributed by atoms with van der Waals surface area (Å²) < 4.78 is 5.60. The van der Waals surface area contributed by atoms with E-state index in [0.717, 1.165) is 11.3 Å². The van der Waals surface area contributed by atoms with Gasteiger partial charge >= 0.3 is 0 Å². The maximum Gasteiger partial charge on any atom is 0.272 e. The predicted molar refractivity (Wildman–Crippen MR) is 75.9 cm³/mol. The number of benzene rings is 1. The zero-order valence-electron chi connectivity index (χ0n) is 10.9. The second kappa shape index (κ2) is 5.57. The van der Waals surface area contributed by atoms with Gasteiger partial charge in [-0.3, -0.25) is 14.7 Å². The Bertz CT molecular complexity index is 699. The first-order valence-corrected chi connectivity index (χ1v) is 6.76. The van der Waals surface area contributed by atoms with Crippen LogP contribution in [0.5, 0.6) is 5.75 Å². The molecule has 0 saturated carbocycles. The molecular weight excluding hydrogens is 294 g/mol. The molecule has 1 aromatic heterocycles. The first-order chi connectivity index (χ1) is 10.2. The first-order valence-electron chi connectivity index (χ1n) is 6.38. The largest absolute Gasteiger partial charge is 0.491 e. The third-order valence-electron chi connectivity index (χ3n) is 3.22. The van der Waals surface area contributed by atoms with E-state index in [1.807, 2.05) is 12.1 Å². The summed E-state index contributed by atoms with van der Waals surface area (Å²) in [4.78, 5) is 22.6. The summed E-state index contributed by atoms with van der Waals surface area (Å²) in [5.74, 6) is 0.436. The molecule has 0 bridgehead atoms. The number of aromatic nitrogens is 2. The van der Waals surface area contributed by atoms with E-state index in [0.29, 0.717) is 24.3 Å². The Morgan fingerprint density at radius 2 is 2.33 bits per heavy atom. The quantitative estimate of drug-likeness (QED) is 0.844. The predicted octanol–water partition coefficient (Wildman–Crippen LogP) is 1.61. The Morgan fingerprint density at radius 3 is 3.10 bits per heavy atom. The van der Waals surface area contributed by atoms with Gasteiger partial charge in [0.25, 0.3) is 5.91 Å². The Balaban J connectivity index is 1.69. The van der Waals surface area contributed by atoms with Crippen LogP contribution in [-0.4, -0.2) is 35.0 Å². The number of halogens is 1. The molecule has 1 aliphatic rings. The van der Waals surface area contributed by atoms with Crippen LogP contribution in [0.25, 0.3) is 0 Å². The van der Waals surface area contributed by atoms with Gasteiger partial charge in [-0.1, -0.05) is 11.6 Å². The third-order valence-corrected chi connectivity index (χ3v) is 3.46. The van der Waals surface area contributed by atoms with Gasteiger partial charge in [-0.2, -0.15) is 5.10 Å². The van der Waals surface area contributed by atoms with Crippen LogP contribution in [-0.2, 0) is 6.42 Å². The highest BCUT2D eigenvalue weighted by atomic mass is 35.5. The Kier molecular flexibility index (Phi) is 3.62. The third kappa shape index (κ3) is 2.90. The molecule has 2 N–H and O–H groups in total. The zero-order valence-corrected chi connectivity index (χ0v) is 11.7. The van der Waals surface area contributed by atoms with Crippen LogP contribution in [0, 0.1) is 0 Å². The summed E-state index contributed by atoms with van der Waals surface area (Å²) in [5.41, 5.74) is 1.39. The van der Waals surface area contributed by atoms with Crippen molar-refractivity contribution >= 4 is 23.8 Å². The lowest BCUT2D eigenvalue weighted by Crippen LogP contribution is -2.42. The highest BCUT2D eigenvalue weighted by Gasteiger charge is 2.23. The van der Waals surface area contributed by atoms with E-state index in [4.69, 9.17) is 16.3 Å². The van der Waals surface area contributed by atoms with Crippen molar-refractivity contribution in [3.05, 3.63) is 46.2 Å². The molecule has 7 heteroatoms. The monoisotopic (exact) mass is 305 g/mol. The van der Waals surface area contributed by atoms with Gasteiger partial charge in [-0.05, 0) is 36.2 Å². The molecule has 0 radical (unpaired) electrons. The number of hydrogen-bond donors (Lipinski definition) is 2. The minimum absolute atomic E-state index is 0.167. The number of carbonyl (C=O) groups excluding carboxylic acids is 2. The maximum atomic E-state index is 12.0. The fourth-order valence-corrected chi connectivity index (χ4v) is 2.42. The lowest BCUT2D eigenvalue weighted by Gasteiger charge is -2.25. The summed E-state index contributed by atoms with van der Waals surface area (Å²) >= 11 is 5.95. The second-order valence-corrected chi connectivity index (χ2v) is 5.20. The van der Waals surface area contributed by atoms with Crippen molar-refractivity contribution in [2.45, 2.75) is 12.5 Å². The molecule has 108 valence electrons. The molecule has 2 heterocycles. The lowest BCUT2D eigenvalue weighted by molar-refractivity contribution is 0.0910. The van der Waals surface area contributed by atoms with Gasteiger partial charge in [0.2, 0.25) is 0 Å². The summed E-state index contributed by atoms with van der Waals surface area (Å²) in [7, 11) is 0. The number of ether oxygens (including phenoxy) is 1. The molecule has 1 aromatic carbocycles. The van der Waals surface area contributed by atoms with Gasteiger partial charge in [-0.15, -0.1) is 0 Å². The SMILES string of the molecule is O=Cc1cc(C(=O)N[C@H]2COc3ccc(Cl)cc3C2)n[nH]1. The molecule has 3 rings (SSSR count). The molecule has 1 amide bonds. The van der Waals surface area contributed by atoms with E-state index in [1.165, 1.54) is 6.07 Å². The number of hydrogen-bond acceptors (Lipinski definition) is 4. The molecule has 1 aliphatic heterocycles. The van der Waals surface area contributed by atoms with Crippen molar-refractivity contribution in [2.75, 3.05) is 6.61 Å². The fourth-order valence-electron chi connectivity index (χ4n) is 2.23. The Hall–Kier alpha value is -2.34. The maximum absolute atomic E-state index is 12.0. The summed E-state index contributed by atoms with van der Waals surface area (Å²) in [6.07, 6.45) is 1.23. The molecule has 0 saturated heterocycles. The van der Waals surface area contributed by atoms with E-state index in [2.05, 4.69) is 15.5 Å².